The van der Waals surface area contributed by atoms with Crippen molar-refractivity contribution in [3.63, 3.8) is 0 Å². The van der Waals surface area contributed by atoms with Crippen molar-refractivity contribution < 1.29 is 4.52 Å². The van der Waals surface area contributed by atoms with Gasteiger partial charge in [0.25, 0.3) is 0 Å². The Morgan fingerprint density at radius 3 is 2.75 bits per heavy atom. The van der Waals surface area contributed by atoms with Crippen LogP contribution in [-0.2, 0) is 6.42 Å². The number of hydrogen-bond donors (Lipinski definition) is 1. The van der Waals surface area contributed by atoms with Gasteiger partial charge in [-0.05, 0) is 24.8 Å². The molecule has 6 heteroatoms. The molecule has 112 valence electrons. The zero-order valence-corrected chi connectivity index (χ0v) is 13.8. The van der Waals surface area contributed by atoms with Crippen LogP contribution in [0.15, 0.2) is 4.52 Å². The summed E-state index contributed by atoms with van der Waals surface area (Å²) in [5, 5.41) is 5.94. The van der Waals surface area contributed by atoms with Gasteiger partial charge in [-0.15, -0.1) is 11.8 Å². The molecule has 1 aliphatic heterocycles. The van der Waals surface area contributed by atoms with Crippen LogP contribution in [0.3, 0.4) is 0 Å². The Morgan fingerprint density at radius 2 is 2.15 bits per heavy atom. The summed E-state index contributed by atoms with van der Waals surface area (Å²) in [4.78, 5) is 4.64. The van der Waals surface area contributed by atoms with Crippen molar-refractivity contribution in [3.8, 4) is 0 Å². The van der Waals surface area contributed by atoms with Crippen LogP contribution in [0.5, 0.6) is 0 Å². The number of hydrogen-bond acceptors (Lipinski definition) is 6. The molecule has 1 aromatic heterocycles. The zero-order valence-electron chi connectivity index (χ0n) is 12.2. The van der Waals surface area contributed by atoms with Crippen LogP contribution >= 0.6 is 23.5 Å². The zero-order chi connectivity index (χ0) is 14.2. The molecule has 0 radical (unpaired) electrons. The lowest BCUT2D eigenvalue weighted by atomic mass is 9.67. The lowest BCUT2D eigenvalue weighted by Gasteiger charge is -2.39. The molecule has 1 saturated carbocycles. The first-order chi connectivity index (χ1) is 9.62. The smallest absolute Gasteiger partial charge is 0.227 e. The van der Waals surface area contributed by atoms with E-state index >= 15 is 0 Å². The highest BCUT2D eigenvalue weighted by atomic mass is 32.2. The molecular weight excluding hydrogens is 290 g/mol. The Bertz CT molecular complexity index is 456. The van der Waals surface area contributed by atoms with Crippen molar-refractivity contribution in [3.05, 3.63) is 11.7 Å². The van der Waals surface area contributed by atoms with E-state index < -0.39 is 0 Å². The van der Waals surface area contributed by atoms with Gasteiger partial charge in [0.05, 0.1) is 5.25 Å². The van der Waals surface area contributed by atoms with Crippen LogP contribution in [0.1, 0.15) is 50.1 Å². The van der Waals surface area contributed by atoms with Crippen LogP contribution in [0.4, 0.5) is 0 Å². The first-order valence-electron chi connectivity index (χ1n) is 7.41. The Balaban J connectivity index is 1.65. The van der Waals surface area contributed by atoms with Crippen LogP contribution < -0.4 is 5.73 Å². The Labute approximate surface area is 129 Å². The maximum Gasteiger partial charge on any atom is 0.227 e. The second-order valence-electron chi connectivity index (χ2n) is 6.15. The molecule has 3 rings (SSSR count). The average molecular weight is 313 g/mol. The summed E-state index contributed by atoms with van der Waals surface area (Å²) in [5.74, 6) is 2.74. The van der Waals surface area contributed by atoms with E-state index in [1.54, 1.807) is 0 Å². The summed E-state index contributed by atoms with van der Waals surface area (Å²) in [7, 11) is 0. The first-order valence-corrected chi connectivity index (χ1v) is 9.41. The van der Waals surface area contributed by atoms with Crippen molar-refractivity contribution in [2.75, 3.05) is 12.3 Å². The Hall–Kier alpha value is -0.200. The molecule has 1 aliphatic carbocycles. The van der Waals surface area contributed by atoms with Crippen molar-refractivity contribution >= 4 is 23.5 Å². The van der Waals surface area contributed by atoms with E-state index in [4.69, 9.17) is 10.3 Å². The van der Waals surface area contributed by atoms with Gasteiger partial charge in [-0.1, -0.05) is 25.4 Å². The fourth-order valence-corrected chi connectivity index (χ4v) is 5.67. The van der Waals surface area contributed by atoms with Gasteiger partial charge in [-0.3, -0.25) is 0 Å². The third-order valence-electron chi connectivity index (χ3n) is 4.70. The van der Waals surface area contributed by atoms with E-state index in [-0.39, 0.29) is 5.41 Å². The highest BCUT2D eigenvalue weighted by Gasteiger charge is 2.38. The quantitative estimate of drug-likeness (QED) is 0.921. The van der Waals surface area contributed by atoms with Crippen molar-refractivity contribution in [2.45, 2.75) is 55.3 Å². The largest absolute Gasteiger partial charge is 0.339 e. The minimum Gasteiger partial charge on any atom is -0.339 e. The predicted octanol–water partition coefficient (Wildman–Crippen LogP) is 3.04. The van der Waals surface area contributed by atoms with Crippen LogP contribution in [0.2, 0.25) is 0 Å². The number of aromatic nitrogens is 2. The third kappa shape index (κ3) is 2.88. The van der Waals surface area contributed by atoms with E-state index in [0.717, 1.165) is 30.4 Å². The van der Waals surface area contributed by atoms with Crippen LogP contribution in [-0.4, -0.2) is 32.9 Å². The van der Waals surface area contributed by atoms with Crippen molar-refractivity contribution in [2.24, 2.45) is 11.1 Å². The molecule has 0 aromatic carbocycles. The van der Waals surface area contributed by atoms with E-state index in [9.17, 15) is 0 Å². The summed E-state index contributed by atoms with van der Waals surface area (Å²) in [6.07, 6.45) is 4.53. The summed E-state index contributed by atoms with van der Waals surface area (Å²) in [6, 6.07) is 0. The predicted molar refractivity (Wildman–Crippen MR) is 85.1 cm³/mol. The molecular formula is C14H23N3OS2. The number of rotatable bonds is 4. The normalized spacial score (nSPS) is 32.9. The second kappa shape index (κ2) is 5.89. The van der Waals surface area contributed by atoms with Gasteiger partial charge < -0.3 is 10.3 Å². The average Bonchev–Trinajstić information content (AvgIpc) is 2.85. The molecule has 0 bridgehead atoms. The van der Waals surface area contributed by atoms with Gasteiger partial charge in [-0.2, -0.15) is 16.7 Å². The molecule has 20 heavy (non-hydrogen) atoms. The van der Waals surface area contributed by atoms with Crippen LogP contribution in [0.25, 0.3) is 0 Å². The lowest BCUT2D eigenvalue weighted by Crippen LogP contribution is -2.39. The first kappa shape index (κ1) is 14.7. The van der Waals surface area contributed by atoms with Gasteiger partial charge in [-0.25, -0.2) is 0 Å². The minimum absolute atomic E-state index is 0.236. The van der Waals surface area contributed by atoms with Crippen LogP contribution in [0, 0.1) is 5.41 Å². The molecule has 2 N–H and O–H groups in total. The molecule has 4 nitrogen and oxygen atoms in total. The lowest BCUT2D eigenvalue weighted by molar-refractivity contribution is 0.129. The van der Waals surface area contributed by atoms with E-state index in [0.29, 0.717) is 15.7 Å². The fourth-order valence-electron chi connectivity index (χ4n) is 2.84. The summed E-state index contributed by atoms with van der Waals surface area (Å²) in [6.45, 7) is 5.31. The van der Waals surface area contributed by atoms with Gasteiger partial charge in [0, 0.05) is 22.7 Å². The topological polar surface area (TPSA) is 64.9 Å². The molecule has 1 saturated heterocycles. The molecule has 2 aliphatic rings. The van der Waals surface area contributed by atoms with Gasteiger partial charge >= 0.3 is 0 Å². The fraction of sp³-hybridized carbons (Fsp3) is 0.857. The Kier molecular flexibility index (Phi) is 4.34. The SMILES string of the molecule is CC1SCC(c2noc(CC3(CN)CCC3)n2)SC1C. The summed E-state index contributed by atoms with van der Waals surface area (Å²) < 4.78 is 5.47. The molecule has 0 amide bonds. The van der Waals surface area contributed by atoms with Gasteiger partial charge in [0.2, 0.25) is 5.89 Å². The van der Waals surface area contributed by atoms with Crippen molar-refractivity contribution in [1.29, 1.82) is 0 Å². The Morgan fingerprint density at radius 1 is 1.35 bits per heavy atom. The monoisotopic (exact) mass is 313 g/mol. The number of nitrogens with two attached hydrogens (primary N) is 1. The minimum atomic E-state index is 0.236. The number of thioether (sulfide) groups is 2. The third-order valence-corrected chi connectivity index (χ3v) is 8.08. The van der Waals surface area contributed by atoms with Crippen molar-refractivity contribution in [1.82, 2.24) is 10.1 Å². The second-order valence-corrected chi connectivity index (χ2v) is 9.14. The highest BCUT2D eigenvalue weighted by molar-refractivity contribution is 8.07. The molecule has 2 fully saturated rings. The summed E-state index contributed by atoms with van der Waals surface area (Å²) >= 11 is 3.98. The molecule has 1 aromatic rings. The standard InChI is InChI=1S/C14H23N3OS2/c1-9-10(2)20-11(7-19-9)13-16-12(18-17-13)6-14(8-15)4-3-5-14/h9-11H,3-8,15H2,1-2H3. The maximum absolute atomic E-state index is 5.90. The van der Waals surface area contributed by atoms with E-state index in [1.807, 2.05) is 23.5 Å². The van der Waals surface area contributed by atoms with E-state index in [1.165, 1.54) is 19.3 Å². The molecule has 0 spiro atoms. The molecule has 3 atom stereocenters. The van der Waals surface area contributed by atoms with E-state index in [2.05, 4.69) is 24.0 Å². The summed E-state index contributed by atoms with van der Waals surface area (Å²) in [5.41, 5.74) is 6.14. The van der Waals surface area contributed by atoms with Gasteiger partial charge in [0.1, 0.15) is 0 Å². The van der Waals surface area contributed by atoms with Gasteiger partial charge in [0.15, 0.2) is 5.82 Å². The maximum atomic E-state index is 5.90. The number of nitrogens with zero attached hydrogens (tertiary/aromatic N) is 2. The molecule has 2 heterocycles. The molecule has 3 unspecified atom stereocenters. The highest BCUT2D eigenvalue weighted by Crippen LogP contribution is 2.45.